The summed E-state index contributed by atoms with van der Waals surface area (Å²) in [5, 5.41) is 1.72. The van der Waals surface area contributed by atoms with E-state index in [0.717, 1.165) is 24.3 Å². The second-order valence-electron chi connectivity index (χ2n) is 9.08. The molecule has 2 unspecified atom stereocenters. The number of hydrogen-bond donors (Lipinski definition) is 1. The number of halogens is 10. The van der Waals surface area contributed by atoms with Crippen molar-refractivity contribution in [3.05, 3.63) is 86.4 Å². The van der Waals surface area contributed by atoms with Crippen LogP contribution in [0, 0.1) is 0 Å². The minimum Gasteiger partial charge on any atom is -0.349 e. The van der Waals surface area contributed by atoms with E-state index in [2.05, 4.69) is 5.32 Å². The molecule has 0 fully saturated rings. The molecule has 3 rings (SSSR count). The zero-order chi connectivity index (χ0) is 30.9. The monoisotopic (exact) mass is 663 g/mol. The Morgan fingerprint density at radius 2 is 1.44 bits per heavy atom. The summed E-state index contributed by atoms with van der Waals surface area (Å²) in [6.07, 6.45) is -9.59. The third kappa shape index (κ3) is 8.50. The Balaban J connectivity index is 1.98. The van der Waals surface area contributed by atoms with Crippen molar-refractivity contribution in [1.29, 1.82) is 0 Å². The van der Waals surface area contributed by atoms with Gasteiger partial charge < -0.3 is 5.32 Å². The van der Waals surface area contributed by atoms with Crippen molar-refractivity contribution in [2.75, 3.05) is 11.5 Å². The molecule has 0 aromatic heterocycles. The summed E-state index contributed by atoms with van der Waals surface area (Å²) in [5.74, 6) is -7.70. The molecule has 41 heavy (non-hydrogen) atoms. The zero-order valence-electron chi connectivity index (χ0n) is 20.7. The fourth-order valence-corrected chi connectivity index (χ4v) is 6.18. The summed E-state index contributed by atoms with van der Waals surface area (Å²) >= 11 is 17.6. The lowest BCUT2D eigenvalue weighted by Crippen LogP contribution is -2.39. The standard InChI is InChI=1S/C26H19Cl3F7NO3S/c1-13(11-41(39,40)12-25(31,32)33)37-24(38)18-7-6-17(15-4-2-3-5-16(15)18)22(30)10-19(26(34,35)36)14-8-20(27)23(29)21(28)9-14/h2-10,13,19H,11-12H2,1H3,(H,37,38)/b22-10-. The van der Waals surface area contributed by atoms with E-state index in [1.807, 2.05) is 0 Å². The number of alkyl halides is 6. The van der Waals surface area contributed by atoms with Crippen LogP contribution < -0.4 is 5.32 Å². The van der Waals surface area contributed by atoms with E-state index in [1.165, 1.54) is 31.2 Å². The summed E-state index contributed by atoms with van der Waals surface area (Å²) < 4.78 is 119. The number of fused-ring (bicyclic) bond motifs is 1. The molecule has 1 amide bonds. The molecule has 2 atom stereocenters. The van der Waals surface area contributed by atoms with Gasteiger partial charge in [-0.2, -0.15) is 26.3 Å². The van der Waals surface area contributed by atoms with E-state index in [-0.39, 0.29) is 37.0 Å². The molecule has 3 aromatic carbocycles. The minimum atomic E-state index is -4.96. The van der Waals surface area contributed by atoms with Gasteiger partial charge in [0, 0.05) is 17.2 Å². The molecule has 0 aliphatic carbocycles. The van der Waals surface area contributed by atoms with Crippen LogP contribution in [0.5, 0.6) is 0 Å². The minimum absolute atomic E-state index is 0.0411. The molecular weight excluding hydrogens is 646 g/mol. The number of rotatable bonds is 8. The number of carbonyl (C=O) groups is 1. The van der Waals surface area contributed by atoms with Crippen LogP contribution in [0.1, 0.15) is 34.3 Å². The van der Waals surface area contributed by atoms with E-state index in [0.29, 0.717) is 6.08 Å². The predicted molar refractivity (Wildman–Crippen MR) is 145 cm³/mol. The fourth-order valence-electron chi connectivity index (χ4n) is 4.11. The SMILES string of the molecule is CC(CS(=O)(=O)CC(F)(F)F)NC(=O)c1ccc(/C(F)=C/C(c2cc(Cl)c(Cl)c(Cl)c2)C(F)(F)F)c2ccccc12. The summed E-state index contributed by atoms with van der Waals surface area (Å²) in [7, 11) is -4.59. The van der Waals surface area contributed by atoms with Gasteiger partial charge in [0.2, 0.25) is 0 Å². The summed E-state index contributed by atoms with van der Waals surface area (Å²) in [5.41, 5.74) is -0.874. The molecule has 4 nitrogen and oxygen atoms in total. The number of allylic oxidation sites excluding steroid dienone is 1. The molecule has 0 heterocycles. The van der Waals surface area contributed by atoms with Crippen molar-refractivity contribution in [2.45, 2.75) is 31.2 Å². The zero-order valence-corrected chi connectivity index (χ0v) is 23.8. The van der Waals surface area contributed by atoms with Gasteiger partial charge in [-0.05, 0) is 47.5 Å². The second-order valence-corrected chi connectivity index (χ2v) is 12.4. The normalized spacial score (nSPS) is 14.7. The Morgan fingerprint density at radius 3 is 1.95 bits per heavy atom. The van der Waals surface area contributed by atoms with Crippen molar-refractivity contribution >= 4 is 67.1 Å². The highest BCUT2D eigenvalue weighted by Gasteiger charge is 2.40. The van der Waals surface area contributed by atoms with Crippen molar-refractivity contribution in [3.8, 4) is 0 Å². The van der Waals surface area contributed by atoms with Gasteiger partial charge in [0.15, 0.2) is 9.84 Å². The lowest BCUT2D eigenvalue weighted by molar-refractivity contribution is -0.139. The van der Waals surface area contributed by atoms with Crippen molar-refractivity contribution < 1.29 is 43.9 Å². The second kappa shape index (κ2) is 12.4. The van der Waals surface area contributed by atoms with Crippen LogP contribution in [-0.4, -0.2) is 44.2 Å². The molecule has 222 valence electrons. The molecule has 3 aromatic rings. The summed E-state index contributed by atoms with van der Waals surface area (Å²) in [6, 6.07) is 8.43. The van der Waals surface area contributed by atoms with Crippen LogP contribution in [0.15, 0.2) is 54.6 Å². The first kappa shape index (κ1) is 33.0. The Bertz CT molecular complexity index is 1580. The summed E-state index contributed by atoms with van der Waals surface area (Å²) in [6.45, 7) is 1.19. The van der Waals surface area contributed by atoms with Crippen LogP contribution in [0.25, 0.3) is 16.6 Å². The van der Waals surface area contributed by atoms with Gasteiger partial charge >= 0.3 is 12.4 Å². The first-order valence-electron chi connectivity index (χ1n) is 11.5. The Labute approximate surface area is 245 Å². The van der Waals surface area contributed by atoms with Crippen molar-refractivity contribution in [3.63, 3.8) is 0 Å². The van der Waals surface area contributed by atoms with E-state index in [4.69, 9.17) is 34.8 Å². The first-order chi connectivity index (χ1) is 18.8. The van der Waals surface area contributed by atoms with Gasteiger partial charge in [-0.25, -0.2) is 12.8 Å². The smallest absolute Gasteiger partial charge is 0.349 e. The van der Waals surface area contributed by atoms with Gasteiger partial charge in [0.05, 0.1) is 20.8 Å². The lowest BCUT2D eigenvalue weighted by Gasteiger charge is -2.19. The predicted octanol–water partition coefficient (Wildman–Crippen LogP) is 8.55. The number of benzene rings is 3. The van der Waals surface area contributed by atoms with Gasteiger partial charge in [0.25, 0.3) is 5.91 Å². The molecule has 1 N–H and O–H groups in total. The van der Waals surface area contributed by atoms with E-state index < -0.39 is 63.0 Å². The molecular formula is C26H19Cl3F7NO3S. The van der Waals surface area contributed by atoms with Gasteiger partial charge in [0.1, 0.15) is 17.5 Å². The quantitative estimate of drug-likeness (QED) is 0.194. The molecule has 15 heteroatoms. The first-order valence-corrected chi connectivity index (χ1v) is 14.4. The molecule has 0 bridgehead atoms. The van der Waals surface area contributed by atoms with Crippen LogP contribution >= 0.6 is 34.8 Å². The Kier molecular flexibility index (Phi) is 9.94. The summed E-state index contributed by atoms with van der Waals surface area (Å²) in [4.78, 5) is 12.9. The third-order valence-corrected chi connectivity index (χ3v) is 8.69. The topological polar surface area (TPSA) is 63.2 Å². The number of carbonyl (C=O) groups excluding carboxylic acids is 1. The average Bonchev–Trinajstić information content (AvgIpc) is 2.81. The maximum Gasteiger partial charge on any atom is 0.402 e. The Morgan fingerprint density at radius 1 is 0.927 bits per heavy atom. The molecule has 0 aliphatic rings. The van der Waals surface area contributed by atoms with Gasteiger partial charge in [-0.1, -0.05) is 65.1 Å². The number of amides is 1. The Hall–Kier alpha value is -2.54. The van der Waals surface area contributed by atoms with E-state index >= 15 is 4.39 Å². The fraction of sp³-hybridized carbons (Fsp3) is 0.269. The van der Waals surface area contributed by atoms with Crippen molar-refractivity contribution in [2.24, 2.45) is 0 Å². The number of sulfone groups is 1. The third-order valence-electron chi connectivity index (χ3n) is 5.72. The number of nitrogens with one attached hydrogen (secondary N) is 1. The molecule has 0 spiro atoms. The molecule has 0 saturated carbocycles. The maximum atomic E-state index is 15.5. The number of hydrogen-bond acceptors (Lipinski definition) is 3. The van der Waals surface area contributed by atoms with Crippen LogP contribution in [0.3, 0.4) is 0 Å². The van der Waals surface area contributed by atoms with Gasteiger partial charge in [-0.15, -0.1) is 0 Å². The largest absolute Gasteiger partial charge is 0.402 e. The highest BCUT2D eigenvalue weighted by molar-refractivity contribution is 7.91. The average molecular weight is 665 g/mol. The molecule has 0 saturated heterocycles. The maximum absolute atomic E-state index is 15.5. The van der Waals surface area contributed by atoms with Crippen molar-refractivity contribution in [1.82, 2.24) is 5.32 Å². The lowest BCUT2D eigenvalue weighted by atomic mass is 9.94. The van der Waals surface area contributed by atoms with E-state index in [9.17, 15) is 39.6 Å². The van der Waals surface area contributed by atoms with E-state index in [1.54, 1.807) is 0 Å². The molecule has 0 aliphatic heterocycles. The van der Waals surface area contributed by atoms with Crippen LogP contribution in [0.2, 0.25) is 15.1 Å². The van der Waals surface area contributed by atoms with Gasteiger partial charge in [-0.3, -0.25) is 4.79 Å². The molecule has 0 radical (unpaired) electrons. The highest BCUT2D eigenvalue weighted by atomic mass is 35.5. The highest BCUT2D eigenvalue weighted by Crippen LogP contribution is 2.42. The van der Waals surface area contributed by atoms with Crippen LogP contribution in [-0.2, 0) is 9.84 Å². The van der Waals surface area contributed by atoms with Crippen LogP contribution in [0.4, 0.5) is 30.7 Å².